The number of amides is 1. The standard InChI is InChI=1S/C18H12F3N3O3/c19-11-5-2-6-13(27-18(20)21)14(11)9-3-1-4-10(7-9)15-17(26)23-8-12(24-15)16(22)25/h1-8,18H,(H2,22,25)(H,23,26). The summed E-state index contributed by atoms with van der Waals surface area (Å²) in [7, 11) is 0. The van der Waals surface area contributed by atoms with Crippen molar-refractivity contribution in [3.05, 3.63) is 70.5 Å². The van der Waals surface area contributed by atoms with E-state index in [4.69, 9.17) is 5.73 Å². The molecule has 1 heterocycles. The van der Waals surface area contributed by atoms with Gasteiger partial charge in [0.05, 0.1) is 5.56 Å². The Kier molecular flexibility index (Phi) is 4.93. The van der Waals surface area contributed by atoms with Crippen LogP contribution in [0.1, 0.15) is 10.5 Å². The highest BCUT2D eigenvalue weighted by Gasteiger charge is 2.17. The van der Waals surface area contributed by atoms with E-state index in [0.29, 0.717) is 0 Å². The second kappa shape index (κ2) is 7.32. The number of benzene rings is 2. The van der Waals surface area contributed by atoms with Crippen LogP contribution in [0.15, 0.2) is 53.5 Å². The molecule has 0 spiro atoms. The molecule has 0 atom stereocenters. The Labute approximate surface area is 150 Å². The Bertz CT molecular complexity index is 1070. The van der Waals surface area contributed by atoms with Crippen molar-refractivity contribution >= 4 is 5.91 Å². The van der Waals surface area contributed by atoms with Gasteiger partial charge in [-0.1, -0.05) is 24.3 Å². The molecule has 2 aromatic carbocycles. The number of carbonyl (C=O) groups is 1. The van der Waals surface area contributed by atoms with Gasteiger partial charge in [-0.2, -0.15) is 8.78 Å². The topological polar surface area (TPSA) is 98.1 Å². The number of nitrogens with one attached hydrogen (secondary N) is 1. The van der Waals surface area contributed by atoms with Crippen molar-refractivity contribution < 1.29 is 22.7 Å². The second-order valence-corrected chi connectivity index (χ2v) is 5.40. The monoisotopic (exact) mass is 375 g/mol. The second-order valence-electron chi connectivity index (χ2n) is 5.40. The fourth-order valence-electron chi connectivity index (χ4n) is 2.53. The smallest absolute Gasteiger partial charge is 0.387 e. The van der Waals surface area contributed by atoms with Gasteiger partial charge in [-0.05, 0) is 23.8 Å². The third-order valence-electron chi connectivity index (χ3n) is 3.66. The van der Waals surface area contributed by atoms with Gasteiger partial charge in [-0.15, -0.1) is 0 Å². The highest BCUT2D eigenvalue weighted by Crippen LogP contribution is 2.35. The number of hydrogen-bond acceptors (Lipinski definition) is 4. The van der Waals surface area contributed by atoms with Gasteiger partial charge in [0.2, 0.25) is 0 Å². The molecule has 0 unspecified atom stereocenters. The van der Waals surface area contributed by atoms with E-state index >= 15 is 0 Å². The number of nitrogens with two attached hydrogens (primary N) is 1. The average molecular weight is 375 g/mol. The number of H-pyrrole nitrogens is 1. The third-order valence-corrected chi connectivity index (χ3v) is 3.66. The van der Waals surface area contributed by atoms with Gasteiger partial charge in [0, 0.05) is 11.8 Å². The van der Waals surface area contributed by atoms with E-state index in [2.05, 4.69) is 14.7 Å². The maximum atomic E-state index is 14.3. The lowest BCUT2D eigenvalue weighted by Gasteiger charge is -2.12. The summed E-state index contributed by atoms with van der Waals surface area (Å²) in [6.07, 6.45) is 1.07. The lowest BCUT2D eigenvalue weighted by atomic mass is 10.0. The van der Waals surface area contributed by atoms with Crippen LogP contribution in [0.25, 0.3) is 22.4 Å². The highest BCUT2D eigenvalue weighted by atomic mass is 19.3. The quantitative estimate of drug-likeness (QED) is 0.716. The number of alkyl halides is 2. The minimum absolute atomic E-state index is 0.124. The zero-order valence-electron chi connectivity index (χ0n) is 13.6. The normalized spacial score (nSPS) is 10.8. The molecule has 0 aliphatic rings. The molecule has 0 radical (unpaired) electrons. The molecule has 3 aromatic rings. The molecule has 6 nitrogen and oxygen atoms in total. The van der Waals surface area contributed by atoms with Gasteiger partial charge < -0.3 is 15.5 Å². The molecule has 138 valence electrons. The van der Waals surface area contributed by atoms with Gasteiger partial charge in [-0.3, -0.25) is 9.59 Å². The summed E-state index contributed by atoms with van der Waals surface area (Å²) in [4.78, 5) is 29.6. The van der Waals surface area contributed by atoms with Crippen LogP contribution in [0, 0.1) is 5.82 Å². The van der Waals surface area contributed by atoms with Gasteiger partial charge >= 0.3 is 6.61 Å². The third kappa shape index (κ3) is 3.81. The number of hydrogen-bond donors (Lipinski definition) is 2. The summed E-state index contributed by atoms with van der Waals surface area (Å²) in [5, 5.41) is 0. The van der Waals surface area contributed by atoms with Crippen molar-refractivity contribution in [3.8, 4) is 28.1 Å². The number of aromatic amines is 1. The zero-order chi connectivity index (χ0) is 19.6. The molecule has 3 rings (SSSR count). The lowest BCUT2D eigenvalue weighted by Crippen LogP contribution is -2.19. The average Bonchev–Trinajstić information content (AvgIpc) is 2.61. The Morgan fingerprint density at radius 1 is 1.15 bits per heavy atom. The van der Waals surface area contributed by atoms with Crippen molar-refractivity contribution in [2.24, 2.45) is 5.73 Å². The number of halogens is 3. The molecule has 0 saturated carbocycles. The van der Waals surface area contributed by atoms with Crippen LogP contribution >= 0.6 is 0 Å². The zero-order valence-corrected chi connectivity index (χ0v) is 13.6. The molecule has 0 aliphatic carbocycles. The molecular weight excluding hydrogens is 363 g/mol. The Hall–Kier alpha value is -3.62. The van der Waals surface area contributed by atoms with E-state index in [1.165, 1.54) is 36.4 Å². The Morgan fingerprint density at radius 2 is 1.85 bits per heavy atom. The number of primary amides is 1. The number of ether oxygens (including phenoxy) is 1. The molecule has 1 aromatic heterocycles. The fourth-order valence-corrected chi connectivity index (χ4v) is 2.53. The molecule has 0 fully saturated rings. The first-order valence-corrected chi connectivity index (χ1v) is 7.60. The van der Waals surface area contributed by atoms with Crippen molar-refractivity contribution in [2.45, 2.75) is 6.61 Å². The van der Waals surface area contributed by atoms with Crippen LogP contribution in [0.4, 0.5) is 13.2 Å². The molecule has 0 aliphatic heterocycles. The van der Waals surface area contributed by atoms with Crippen LogP contribution in [0.2, 0.25) is 0 Å². The van der Waals surface area contributed by atoms with Gasteiger partial charge in [0.1, 0.15) is 23.0 Å². The van der Waals surface area contributed by atoms with E-state index in [0.717, 1.165) is 12.3 Å². The van der Waals surface area contributed by atoms with Crippen LogP contribution in [-0.4, -0.2) is 22.5 Å². The summed E-state index contributed by atoms with van der Waals surface area (Å²) in [5.41, 5.74) is 4.50. The minimum atomic E-state index is -3.13. The Balaban J connectivity index is 2.15. The van der Waals surface area contributed by atoms with E-state index in [1.54, 1.807) is 0 Å². The number of rotatable bonds is 5. The van der Waals surface area contributed by atoms with Gasteiger partial charge in [0.15, 0.2) is 0 Å². The summed E-state index contributed by atoms with van der Waals surface area (Å²) < 4.78 is 43.9. The first-order chi connectivity index (χ1) is 12.9. The summed E-state index contributed by atoms with van der Waals surface area (Å²) >= 11 is 0. The minimum Gasteiger partial charge on any atom is -0.434 e. The van der Waals surface area contributed by atoms with Gasteiger partial charge in [0.25, 0.3) is 11.5 Å². The van der Waals surface area contributed by atoms with Crippen molar-refractivity contribution in [1.29, 1.82) is 0 Å². The van der Waals surface area contributed by atoms with Crippen LogP contribution in [0.3, 0.4) is 0 Å². The van der Waals surface area contributed by atoms with Crippen LogP contribution in [-0.2, 0) is 0 Å². The predicted octanol–water partition coefficient (Wildman–Crippen LogP) is 2.94. The highest BCUT2D eigenvalue weighted by molar-refractivity contribution is 5.91. The van der Waals surface area contributed by atoms with Crippen LogP contribution in [0.5, 0.6) is 5.75 Å². The number of aromatic nitrogens is 2. The Morgan fingerprint density at radius 3 is 2.56 bits per heavy atom. The fraction of sp³-hybridized carbons (Fsp3) is 0.0556. The molecule has 0 bridgehead atoms. The van der Waals surface area contributed by atoms with E-state index in [1.807, 2.05) is 0 Å². The van der Waals surface area contributed by atoms with Crippen molar-refractivity contribution in [2.75, 3.05) is 0 Å². The van der Waals surface area contributed by atoms with Crippen LogP contribution < -0.4 is 16.0 Å². The molecular formula is C18H12F3N3O3. The molecule has 1 amide bonds. The van der Waals surface area contributed by atoms with E-state index in [-0.39, 0.29) is 33.8 Å². The number of nitrogens with zero attached hydrogens (tertiary/aromatic N) is 1. The molecule has 3 N–H and O–H groups in total. The maximum Gasteiger partial charge on any atom is 0.387 e. The molecule has 9 heteroatoms. The summed E-state index contributed by atoms with van der Waals surface area (Å²) in [5.74, 6) is -1.97. The van der Waals surface area contributed by atoms with E-state index < -0.39 is 23.9 Å². The van der Waals surface area contributed by atoms with Crippen molar-refractivity contribution in [1.82, 2.24) is 9.97 Å². The maximum absolute atomic E-state index is 14.3. The molecule has 27 heavy (non-hydrogen) atoms. The summed E-state index contributed by atoms with van der Waals surface area (Å²) in [6, 6.07) is 9.37. The van der Waals surface area contributed by atoms with Crippen molar-refractivity contribution in [3.63, 3.8) is 0 Å². The van der Waals surface area contributed by atoms with Gasteiger partial charge in [-0.25, -0.2) is 9.37 Å². The largest absolute Gasteiger partial charge is 0.434 e. The summed E-state index contributed by atoms with van der Waals surface area (Å²) in [6.45, 7) is -3.13. The predicted molar refractivity (Wildman–Crippen MR) is 90.8 cm³/mol. The lowest BCUT2D eigenvalue weighted by molar-refractivity contribution is -0.0495. The first-order valence-electron chi connectivity index (χ1n) is 7.60. The number of carbonyl (C=O) groups excluding carboxylic acids is 1. The molecule has 0 saturated heterocycles. The SMILES string of the molecule is NC(=O)c1c[nH]c(=O)c(-c2cccc(-c3c(F)cccc3OC(F)F)c2)n1. The first kappa shape index (κ1) is 18.2. The van der Waals surface area contributed by atoms with E-state index in [9.17, 15) is 22.8 Å².